The lowest BCUT2D eigenvalue weighted by Gasteiger charge is -2.13. The molecule has 6 heteroatoms. The molecule has 0 saturated carbocycles. The summed E-state index contributed by atoms with van der Waals surface area (Å²) in [5.41, 5.74) is 4.23. The first-order valence-electron chi connectivity index (χ1n) is 13.5. The number of fused-ring (bicyclic) bond motifs is 9. The van der Waals surface area contributed by atoms with E-state index in [1.54, 1.807) is 22.1 Å². The first-order chi connectivity index (χ1) is 20.3. The second kappa shape index (κ2) is 8.34. The minimum absolute atomic E-state index is 0.134. The maximum atomic E-state index is 13.9. The standard InChI is InChI=1S/C35H20N4OS/c40-34-27-20-36-35(37-33(27)24-14-5-8-16-29(24)38(34)21-10-2-1-3-11-21)39-28-15-7-4-12-22(28)25-18-26-23-13-6-9-17-31(23)41-32(26)19-30(25)39/h1-20H. The summed E-state index contributed by atoms with van der Waals surface area (Å²) in [5.74, 6) is 0.547. The molecule has 192 valence electrons. The molecule has 0 unspecified atom stereocenters. The fourth-order valence-electron chi connectivity index (χ4n) is 6.18. The molecule has 0 N–H and O–H groups in total. The van der Waals surface area contributed by atoms with E-state index in [4.69, 9.17) is 9.97 Å². The van der Waals surface area contributed by atoms with E-state index in [9.17, 15) is 4.79 Å². The van der Waals surface area contributed by atoms with Crippen LogP contribution in [-0.4, -0.2) is 19.1 Å². The van der Waals surface area contributed by atoms with Gasteiger partial charge in [-0.3, -0.25) is 13.9 Å². The van der Waals surface area contributed by atoms with Gasteiger partial charge in [0.05, 0.1) is 27.5 Å². The van der Waals surface area contributed by atoms with Crippen LogP contribution in [0.1, 0.15) is 0 Å². The third kappa shape index (κ3) is 3.13. The molecule has 5 nitrogen and oxygen atoms in total. The normalized spacial score (nSPS) is 12.0. The summed E-state index contributed by atoms with van der Waals surface area (Å²) < 4.78 is 6.37. The van der Waals surface area contributed by atoms with Crippen LogP contribution in [0.5, 0.6) is 0 Å². The summed E-state index contributed by atoms with van der Waals surface area (Å²) >= 11 is 1.80. The van der Waals surface area contributed by atoms with Crippen molar-refractivity contribution >= 4 is 75.1 Å². The minimum Gasteiger partial charge on any atom is -0.278 e. The molecule has 9 rings (SSSR count). The maximum absolute atomic E-state index is 13.9. The number of nitrogens with zero attached hydrogens (tertiary/aromatic N) is 4. The van der Waals surface area contributed by atoms with Crippen molar-refractivity contribution in [1.29, 1.82) is 0 Å². The van der Waals surface area contributed by atoms with Gasteiger partial charge in [0.1, 0.15) is 0 Å². The molecule has 4 heterocycles. The lowest BCUT2D eigenvalue weighted by Crippen LogP contribution is -2.20. The van der Waals surface area contributed by atoms with Gasteiger partial charge in [-0.2, -0.15) is 0 Å². The van der Waals surface area contributed by atoms with Gasteiger partial charge in [0.15, 0.2) is 0 Å². The van der Waals surface area contributed by atoms with Crippen molar-refractivity contribution in [2.24, 2.45) is 0 Å². The van der Waals surface area contributed by atoms with Crippen LogP contribution >= 0.6 is 11.3 Å². The summed E-state index contributed by atoms with van der Waals surface area (Å²) in [6, 6.07) is 39.2. The van der Waals surface area contributed by atoms with Crippen LogP contribution in [0.4, 0.5) is 0 Å². The zero-order chi connectivity index (χ0) is 27.1. The van der Waals surface area contributed by atoms with E-state index in [0.29, 0.717) is 16.9 Å². The van der Waals surface area contributed by atoms with Crippen LogP contribution in [-0.2, 0) is 0 Å². The molecule has 41 heavy (non-hydrogen) atoms. The molecule has 0 fully saturated rings. The predicted octanol–water partition coefficient (Wildman–Crippen LogP) is 8.40. The van der Waals surface area contributed by atoms with Crippen LogP contribution in [0.2, 0.25) is 0 Å². The average Bonchev–Trinajstić information content (AvgIpc) is 3.55. The average molecular weight is 545 g/mol. The number of para-hydroxylation sites is 3. The van der Waals surface area contributed by atoms with Crippen molar-refractivity contribution < 1.29 is 0 Å². The van der Waals surface area contributed by atoms with E-state index in [1.165, 1.54) is 20.2 Å². The number of pyridine rings is 1. The Morgan fingerprint density at radius 3 is 2.05 bits per heavy atom. The van der Waals surface area contributed by atoms with Gasteiger partial charge in [-0.05, 0) is 42.5 Å². The Bertz CT molecular complexity index is 2560. The molecule has 0 spiro atoms. The highest BCUT2D eigenvalue weighted by atomic mass is 32.1. The van der Waals surface area contributed by atoms with Gasteiger partial charge in [-0.25, -0.2) is 9.97 Å². The zero-order valence-corrected chi connectivity index (χ0v) is 22.5. The van der Waals surface area contributed by atoms with Crippen LogP contribution in [0.15, 0.2) is 126 Å². The Balaban J connectivity index is 1.39. The van der Waals surface area contributed by atoms with Gasteiger partial charge in [0.25, 0.3) is 5.56 Å². The molecule has 0 aliphatic rings. The summed E-state index contributed by atoms with van der Waals surface area (Å²) in [7, 11) is 0. The van der Waals surface area contributed by atoms with Crippen molar-refractivity contribution in [2.75, 3.05) is 0 Å². The van der Waals surface area contributed by atoms with Gasteiger partial charge in [0, 0.05) is 48.2 Å². The fraction of sp³-hybridized carbons (Fsp3) is 0. The monoisotopic (exact) mass is 544 g/mol. The largest absolute Gasteiger partial charge is 0.278 e. The second-order valence-electron chi connectivity index (χ2n) is 10.2. The quantitative estimate of drug-likeness (QED) is 0.205. The first kappa shape index (κ1) is 22.5. The van der Waals surface area contributed by atoms with Gasteiger partial charge >= 0.3 is 0 Å². The van der Waals surface area contributed by atoms with Crippen LogP contribution in [0.25, 0.3) is 75.4 Å². The van der Waals surface area contributed by atoms with E-state index in [2.05, 4.69) is 59.2 Å². The molecule has 0 radical (unpaired) electrons. The number of aromatic nitrogens is 4. The third-order valence-electron chi connectivity index (χ3n) is 8.00. The number of rotatable bonds is 2. The molecule has 9 aromatic rings. The predicted molar refractivity (Wildman–Crippen MR) is 170 cm³/mol. The number of thiophene rings is 1. The minimum atomic E-state index is -0.134. The highest BCUT2D eigenvalue weighted by molar-refractivity contribution is 7.25. The van der Waals surface area contributed by atoms with Gasteiger partial charge < -0.3 is 0 Å². The molecular formula is C35H20N4OS. The van der Waals surface area contributed by atoms with Gasteiger partial charge in [0.2, 0.25) is 5.95 Å². The summed E-state index contributed by atoms with van der Waals surface area (Å²) in [5, 5.41) is 6.23. The van der Waals surface area contributed by atoms with E-state index < -0.39 is 0 Å². The zero-order valence-electron chi connectivity index (χ0n) is 21.7. The second-order valence-corrected chi connectivity index (χ2v) is 11.3. The number of hydrogen-bond acceptors (Lipinski definition) is 4. The Hall–Kier alpha value is -5.33. The fourth-order valence-corrected chi connectivity index (χ4v) is 7.30. The molecule has 0 aliphatic heterocycles. The first-order valence-corrected chi connectivity index (χ1v) is 14.3. The number of benzene rings is 5. The van der Waals surface area contributed by atoms with Gasteiger partial charge in [-0.15, -0.1) is 11.3 Å². The molecule has 0 bridgehead atoms. The van der Waals surface area contributed by atoms with Crippen molar-refractivity contribution in [2.45, 2.75) is 0 Å². The molecule has 5 aromatic carbocycles. The molecular weight excluding hydrogens is 524 g/mol. The summed E-state index contributed by atoms with van der Waals surface area (Å²) in [6.07, 6.45) is 1.68. The Labute approximate surface area is 237 Å². The van der Waals surface area contributed by atoms with Gasteiger partial charge in [-0.1, -0.05) is 72.8 Å². The molecule has 0 atom stereocenters. The molecule has 0 aliphatic carbocycles. The van der Waals surface area contributed by atoms with Crippen molar-refractivity contribution in [3.63, 3.8) is 0 Å². The van der Waals surface area contributed by atoms with Crippen LogP contribution in [0, 0.1) is 0 Å². The third-order valence-corrected chi connectivity index (χ3v) is 9.13. The van der Waals surface area contributed by atoms with E-state index in [0.717, 1.165) is 38.4 Å². The maximum Gasteiger partial charge on any atom is 0.266 e. The van der Waals surface area contributed by atoms with Crippen molar-refractivity contribution in [3.05, 3.63) is 132 Å². The summed E-state index contributed by atoms with van der Waals surface area (Å²) in [6.45, 7) is 0. The molecule has 4 aromatic heterocycles. The Morgan fingerprint density at radius 1 is 0.537 bits per heavy atom. The van der Waals surface area contributed by atoms with Crippen molar-refractivity contribution in [1.82, 2.24) is 19.1 Å². The SMILES string of the molecule is O=c1c2cnc(-n3c4ccccc4c4cc5c(cc43)sc3ccccc35)nc2c2ccccc2n1-c1ccccc1. The van der Waals surface area contributed by atoms with E-state index in [1.807, 2.05) is 60.7 Å². The highest BCUT2D eigenvalue weighted by Crippen LogP contribution is 2.40. The van der Waals surface area contributed by atoms with E-state index >= 15 is 0 Å². The number of hydrogen-bond donors (Lipinski definition) is 0. The highest BCUT2D eigenvalue weighted by Gasteiger charge is 2.19. The molecule has 0 saturated heterocycles. The lowest BCUT2D eigenvalue weighted by atomic mass is 10.1. The summed E-state index contributed by atoms with van der Waals surface area (Å²) in [4.78, 5) is 23.8. The van der Waals surface area contributed by atoms with Crippen LogP contribution < -0.4 is 5.56 Å². The Morgan fingerprint density at radius 2 is 1.22 bits per heavy atom. The Kier molecular flexibility index (Phi) is 4.57. The topological polar surface area (TPSA) is 52.7 Å². The van der Waals surface area contributed by atoms with E-state index in [-0.39, 0.29) is 5.56 Å². The van der Waals surface area contributed by atoms with Crippen molar-refractivity contribution in [3.8, 4) is 11.6 Å². The van der Waals surface area contributed by atoms with Crippen LogP contribution in [0.3, 0.4) is 0 Å². The molecule has 0 amide bonds. The lowest BCUT2D eigenvalue weighted by molar-refractivity contribution is 1.00. The smallest absolute Gasteiger partial charge is 0.266 e.